The van der Waals surface area contributed by atoms with Gasteiger partial charge in [-0.15, -0.1) is 0 Å². The standard InChI is InChI=1S/C11H13BrClN/c1-7-4-11(7)14-6-8-2-3-9(12)10(13)5-8/h2-3,5,7,11,14H,4,6H2,1H3. The van der Waals surface area contributed by atoms with Crippen LogP contribution in [0.15, 0.2) is 22.7 Å². The Balaban J connectivity index is 1.92. The van der Waals surface area contributed by atoms with Crippen molar-refractivity contribution in [2.75, 3.05) is 0 Å². The zero-order chi connectivity index (χ0) is 10.1. The first-order valence-electron chi connectivity index (χ1n) is 4.84. The largest absolute Gasteiger partial charge is 0.310 e. The normalized spacial score (nSPS) is 25.1. The lowest BCUT2D eigenvalue weighted by molar-refractivity contribution is 0.652. The molecule has 1 aliphatic carbocycles. The fourth-order valence-electron chi connectivity index (χ4n) is 1.51. The summed E-state index contributed by atoms with van der Waals surface area (Å²) < 4.78 is 0.961. The summed E-state index contributed by atoms with van der Waals surface area (Å²) in [5, 5.41) is 4.28. The van der Waals surface area contributed by atoms with Crippen LogP contribution >= 0.6 is 27.5 Å². The topological polar surface area (TPSA) is 12.0 Å². The van der Waals surface area contributed by atoms with E-state index in [4.69, 9.17) is 11.6 Å². The minimum absolute atomic E-state index is 0.720. The van der Waals surface area contributed by atoms with Crippen molar-refractivity contribution in [3.63, 3.8) is 0 Å². The summed E-state index contributed by atoms with van der Waals surface area (Å²) in [5.41, 5.74) is 1.25. The summed E-state index contributed by atoms with van der Waals surface area (Å²) in [5.74, 6) is 0.848. The Bertz CT molecular complexity index is 340. The second-order valence-corrected chi connectivity index (χ2v) is 5.21. The monoisotopic (exact) mass is 273 g/mol. The van der Waals surface area contributed by atoms with Gasteiger partial charge in [-0.3, -0.25) is 0 Å². The Morgan fingerprint density at radius 2 is 2.29 bits per heavy atom. The molecule has 76 valence electrons. The zero-order valence-electron chi connectivity index (χ0n) is 8.06. The number of rotatable bonds is 3. The average Bonchev–Trinajstić information content (AvgIpc) is 2.85. The molecular weight excluding hydrogens is 261 g/mol. The van der Waals surface area contributed by atoms with E-state index >= 15 is 0 Å². The van der Waals surface area contributed by atoms with E-state index in [-0.39, 0.29) is 0 Å². The molecule has 0 radical (unpaired) electrons. The van der Waals surface area contributed by atoms with Crippen molar-refractivity contribution in [1.29, 1.82) is 0 Å². The Kier molecular flexibility index (Phi) is 3.15. The molecule has 0 aliphatic heterocycles. The quantitative estimate of drug-likeness (QED) is 0.888. The summed E-state index contributed by atoms with van der Waals surface area (Å²) in [6.07, 6.45) is 1.31. The van der Waals surface area contributed by atoms with Gasteiger partial charge in [-0.05, 0) is 46.0 Å². The van der Waals surface area contributed by atoms with Crippen molar-refractivity contribution >= 4 is 27.5 Å². The first-order chi connectivity index (χ1) is 6.66. The predicted octanol–water partition coefficient (Wildman–Crippen LogP) is 3.60. The molecule has 0 bridgehead atoms. The Labute approximate surface area is 98.0 Å². The van der Waals surface area contributed by atoms with Gasteiger partial charge < -0.3 is 5.32 Å². The van der Waals surface area contributed by atoms with Crippen LogP contribution in [0.25, 0.3) is 0 Å². The smallest absolute Gasteiger partial charge is 0.0551 e. The number of hydrogen-bond donors (Lipinski definition) is 1. The number of nitrogens with one attached hydrogen (secondary N) is 1. The summed E-state index contributed by atoms with van der Waals surface area (Å²) in [4.78, 5) is 0. The van der Waals surface area contributed by atoms with Crippen molar-refractivity contribution in [3.8, 4) is 0 Å². The van der Waals surface area contributed by atoms with E-state index in [1.807, 2.05) is 12.1 Å². The molecular formula is C11H13BrClN. The highest BCUT2D eigenvalue weighted by molar-refractivity contribution is 9.10. The van der Waals surface area contributed by atoms with E-state index < -0.39 is 0 Å². The molecule has 0 saturated heterocycles. The Morgan fingerprint density at radius 3 is 2.86 bits per heavy atom. The van der Waals surface area contributed by atoms with E-state index in [0.717, 1.165) is 28.0 Å². The fraction of sp³-hybridized carbons (Fsp3) is 0.455. The van der Waals surface area contributed by atoms with Gasteiger partial charge in [0.15, 0.2) is 0 Å². The third kappa shape index (κ3) is 2.50. The molecule has 1 aromatic carbocycles. The van der Waals surface area contributed by atoms with Gasteiger partial charge in [-0.25, -0.2) is 0 Å². The van der Waals surface area contributed by atoms with Crippen LogP contribution < -0.4 is 5.32 Å². The molecule has 1 nitrogen and oxygen atoms in total. The van der Waals surface area contributed by atoms with Gasteiger partial charge in [0, 0.05) is 17.1 Å². The van der Waals surface area contributed by atoms with Crippen LogP contribution in [0.1, 0.15) is 18.9 Å². The third-order valence-corrected chi connectivity index (χ3v) is 3.89. The number of benzene rings is 1. The minimum Gasteiger partial charge on any atom is -0.310 e. The second kappa shape index (κ2) is 4.21. The van der Waals surface area contributed by atoms with Crippen LogP contribution in [0, 0.1) is 5.92 Å². The molecule has 0 aromatic heterocycles. The summed E-state index contributed by atoms with van der Waals surface area (Å²) in [6.45, 7) is 3.19. The molecule has 0 amide bonds. The third-order valence-electron chi connectivity index (χ3n) is 2.66. The van der Waals surface area contributed by atoms with Crippen LogP contribution in [0.5, 0.6) is 0 Å². The van der Waals surface area contributed by atoms with Crippen molar-refractivity contribution in [2.24, 2.45) is 5.92 Å². The fourth-order valence-corrected chi connectivity index (χ4v) is 1.95. The maximum atomic E-state index is 6.00. The van der Waals surface area contributed by atoms with E-state index in [1.54, 1.807) is 0 Å². The maximum Gasteiger partial charge on any atom is 0.0551 e. The van der Waals surface area contributed by atoms with Gasteiger partial charge in [-0.1, -0.05) is 24.6 Å². The van der Waals surface area contributed by atoms with E-state index in [2.05, 4.69) is 34.2 Å². The Hall–Kier alpha value is -0.0500. The van der Waals surface area contributed by atoms with E-state index in [1.165, 1.54) is 12.0 Å². The van der Waals surface area contributed by atoms with Crippen molar-refractivity contribution in [2.45, 2.75) is 25.9 Å². The van der Waals surface area contributed by atoms with Gasteiger partial charge in [0.05, 0.1) is 5.02 Å². The first kappa shape index (κ1) is 10.5. The molecule has 1 aromatic rings. The summed E-state index contributed by atoms with van der Waals surface area (Å²) in [6, 6.07) is 6.81. The molecule has 1 saturated carbocycles. The molecule has 0 spiro atoms. The van der Waals surface area contributed by atoms with Gasteiger partial charge >= 0.3 is 0 Å². The highest BCUT2D eigenvalue weighted by Crippen LogP contribution is 2.29. The lowest BCUT2D eigenvalue weighted by atomic mass is 10.2. The average molecular weight is 275 g/mol. The highest BCUT2D eigenvalue weighted by Gasteiger charge is 2.31. The molecule has 2 atom stereocenters. The number of halogens is 2. The zero-order valence-corrected chi connectivity index (χ0v) is 10.4. The van der Waals surface area contributed by atoms with Crippen molar-refractivity contribution in [1.82, 2.24) is 5.32 Å². The molecule has 0 heterocycles. The predicted molar refractivity (Wildman–Crippen MR) is 63.6 cm³/mol. The summed E-state index contributed by atoms with van der Waals surface area (Å²) in [7, 11) is 0. The number of hydrogen-bond acceptors (Lipinski definition) is 1. The van der Waals surface area contributed by atoms with Crippen LogP contribution in [-0.2, 0) is 6.54 Å². The van der Waals surface area contributed by atoms with Crippen LogP contribution in [0.4, 0.5) is 0 Å². The van der Waals surface area contributed by atoms with Gasteiger partial charge in [-0.2, -0.15) is 0 Å². The van der Waals surface area contributed by atoms with E-state index in [9.17, 15) is 0 Å². The second-order valence-electron chi connectivity index (χ2n) is 3.95. The highest BCUT2D eigenvalue weighted by atomic mass is 79.9. The minimum atomic E-state index is 0.720. The van der Waals surface area contributed by atoms with Gasteiger partial charge in [0.1, 0.15) is 0 Å². The van der Waals surface area contributed by atoms with Crippen LogP contribution in [-0.4, -0.2) is 6.04 Å². The molecule has 3 heteroatoms. The van der Waals surface area contributed by atoms with Crippen molar-refractivity contribution < 1.29 is 0 Å². The lowest BCUT2D eigenvalue weighted by Crippen LogP contribution is -2.16. The van der Waals surface area contributed by atoms with Crippen LogP contribution in [0.3, 0.4) is 0 Å². The SMILES string of the molecule is CC1CC1NCc1ccc(Br)c(Cl)c1. The molecule has 1 fully saturated rings. The summed E-state index contributed by atoms with van der Waals surface area (Å²) >= 11 is 9.38. The van der Waals surface area contributed by atoms with Gasteiger partial charge in [0.25, 0.3) is 0 Å². The van der Waals surface area contributed by atoms with Gasteiger partial charge in [0.2, 0.25) is 0 Å². The molecule has 2 unspecified atom stereocenters. The molecule has 14 heavy (non-hydrogen) atoms. The molecule has 1 aliphatic rings. The lowest BCUT2D eigenvalue weighted by Gasteiger charge is -2.04. The molecule has 2 rings (SSSR count). The van der Waals surface area contributed by atoms with E-state index in [0.29, 0.717) is 0 Å². The van der Waals surface area contributed by atoms with Crippen LogP contribution in [0.2, 0.25) is 5.02 Å². The first-order valence-corrected chi connectivity index (χ1v) is 6.01. The Morgan fingerprint density at radius 1 is 1.57 bits per heavy atom. The maximum absolute atomic E-state index is 6.00. The van der Waals surface area contributed by atoms with Crippen molar-refractivity contribution in [3.05, 3.63) is 33.3 Å². The molecule has 1 N–H and O–H groups in total.